The summed E-state index contributed by atoms with van der Waals surface area (Å²) in [7, 11) is 1.82. The number of hydrogen-bond donors (Lipinski definition) is 2. The van der Waals surface area contributed by atoms with Crippen LogP contribution in [-0.4, -0.2) is 42.5 Å². The van der Waals surface area contributed by atoms with Crippen LogP contribution in [0.2, 0.25) is 0 Å². The van der Waals surface area contributed by atoms with Gasteiger partial charge in [-0.3, -0.25) is 9.89 Å². The van der Waals surface area contributed by atoms with Crippen LogP contribution >= 0.6 is 11.3 Å². The minimum absolute atomic E-state index is 0.787. The van der Waals surface area contributed by atoms with Crippen LogP contribution in [0.1, 0.15) is 41.6 Å². The predicted octanol–water partition coefficient (Wildman–Crippen LogP) is 3.59. The first-order valence-electron chi connectivity index (χ1n) is 10.3. The molecule has 0 aliphatic carbocycles. The van der Waals surface area contributed by atoms with Crippen LogP contribution in [-0.2, 0) is 19.5 Å². The summed E-state index contributed by atoms with van der Waals surface area (Å²) < 4.78 is 0. The third-order valence-electron chi connectivity index (χ3n) is 5.26. The number of aryl methyl sites for hydroxylation is 1. The van der Waals surface area contributed by atoms with Crippen molar-refractivity contribution in [2.45, 2.75) is 46.2 Å². The van der Waals surface area contributed by atoms with E-state index in [9.17, 15) is 0 Å². The second-order valence-electron chi connectivity index (χ2n) is 7.71. The number of aromatic nitrogens is 1. The Kier molecular flexibility index (Phi) is 7.86. The maximum absolute atomic E-state index is 4.51. The SMILES string of the molecule is CN=C(NCCc1csc(C)n1)NCc1ccccc1CN1CCCC(C)C1. The van der Waals surface area contributed by atoms with Crippen molar-refractivity contribution >= 4 is 17.3 Å². The molecule has 1 unspecified atom stereocenters. The zero-order valence-corrected chi connectivity index (χ0v) is 18.2. The Balaban J connectivity index is 1.49. The molecular formula is C22H33N5S. The fourth-order valence-electron chi connectivity index (χ4n) is 3.79. The van der Waals surface area contributed by atoms with E-state index in [1.807, 2.05) is 14.0 Å². The summed E-state index contributed by atoms with van der Waals surface area (Å²) in [5.41, 5.74) is 3.91. The van der Waals surface area contributed by atoms with Crippen molar-refractivity contribution in [1.82, 2.24) is 20.5 Å². The Morgan fingerprint density at radius 2 is 2.11 bits per heavy atom. The number of likely N-dealkylation sites (tertiary alicyclic amines) is 1. The molecule has 1 atom stereocenters. The second kappa shape index (κ2) is 10.6. The molecule has 1 aromatic heterocycles. The third kappa shape index (κ3) is 6.31. The van der Waals surface area contributed by atoms with Crippen LogP contribution in [0, 0.1) is 12.8 Å². The molecule has 1 aliphatic rings. The van der Waals surface area contributed by atoms with Crippen molar-refractivity contribution in [2.75, 3.05) is 26.7 Å². The van der Waals surface area contributed by atoms with Crippen LogP contribution < -0.4 is 10.6 Å². The van der Waals surface area contributed by atoms with E-state index in [2.05, 4.69) is 62.1 Å². The van der Waals surface area contributed by atoms with Gasteiger partial charge in [-0.2, -0.15) is 0 Å². The number of thiazole rings is 1. The number of guanidine groups is 1. The molecule has 0 radical (unpaired) electrons. The van der Waals surface area contributed by atoms with Gasteiger partial charge < -0.3 is 10.6 Å². The predicted molar refractivity (Wildman–Crippen MR) is 119 cm³/mol. The molecule has 28 heavy (non-hydrogen) atoms. The van der Waals surface area contributed by atoms with E-state index in [1.165, 1.54) is 37.1 Å². The van der Waals surface area contributed by atoms with E-state index >= 15 is 0 Å². The third-order valence-corrected chi connectivity index (χ3v) is 6.09. The Labute approximate surface area is 173 Å². The van der Waals surface area contributed by atoms with E-state index in [0.29, 0.717) is 0 Å². The molecule has 0 amide bonds. The van der Waals surface area contributed by atoms with Crippen LogP contribution in [0.25, 0.3) is 0 Å². The number of aliphatic imine (C=N–C) groups is 1. The lowest BCUT2D eigenvalue weighted by Crippen LogP contribution is -2.38. The van der Waals surface area contributed by atoms with Crippen molar-refractivity contribution in [3.05, 3.63) is 51.5 Å². The van der Waals surface area contributed by atoms with Crippen LogP contribution in [0.5, 0.6) is 0 Å². The fourth-order valence-corrected chi connectivity index (χ4v) is 4.43. The van der Waals surface area contributed by atoms with Crippen LogP contribution in [0.3, 0.4) is 0 Å². The molecule has 3 rings (SSSR count). The lowest BCUT2D eigenvalue weighted by Gasteiger charge is -2.31. The van der Waals surface area contributed by atoms with Gasteiger partial charge in [-0.05, 0) is 43.4 Å². The Morgan fingerprint density at radius 1 is 1.29 bits per heavy atom. The molecule has 0 spiro atoms. The van der Waals surface area contributed by atoms with Crippen molar-refractivity contribution in [1.29, 1.82) is 0 Å². The summed E-state index contributed by atoms with van der Waals surface area (Å²) in [5, 5.41) is 10.1. The topological polar surface area (TPSA) is 52.6 Å². The highest BCUT2D eigenvalue weighted by Crippen LogP contribution is 2.19. The summed E-state index contributed by atoms with van der Waals surface area (Å²) in [5.74, 6) is 1.65. The second-order valence-corrected chi connectivity index (χ2v) is 8.77. The molecule has 6 heteroatoms. The molecule has 1 aliphatic heterocycles. The van der Waals surface area contributed by atoms with Gasteiger partial charge in [0.2, 0.25) is 0 Å². The summed E-state index contributed by atoms with van der Waals surface area (Å²) >= 11 is 1.70. The molecule has 0 bridgehead atoms. The highest BCUT2D eigenvalue weighted by atomic mass is 32.1. The van der Waals surface area contributed by atoms with Gasteiger partial charge >= 0.3 is 0 Å². The van der Waals surface area contributed by atoms with E-state index in [-0.39, 0.29) is 0 Å². The smallest absolute Gasteiger partial charge is 0.191 e. The largest absolute Gasteiger partial charge is 0.356 e. The van der Waals surface area contributed by atoms with Crippen LogP contribution in [0.15, 0.2) is 34.6 Å². The first-order chi connectivity index (χ1) is 13.6. The minimum atomic E-state index is 0.787. The van der Waals surface area contributed by atoms with E-state index in [1.54, 1.807) is 11.3 Å². The van der Waals surface area contributed by atoms with E-state index in [0.717, 1.165) is 48.6 Å². The standard InChI is InChI=1S/C22H33N5S/c1-17-7-6-12-27(14-17)15-20-9-5-4-8-19(20)13-25-22(23-3)24-11-10-21-16-28-18(2)26-21/h4-5,8-9,16-17H,6-7,10-15H2,1-3H3,(H2,23,24,25). The van der Waals surface area contributed by atoms with Crippen molar-refractivity contribution < 1.29 is 0 Å². The molecule has 5 nitrogen and oxygen atoms in total. The van der Waals surface area contributed by atoms with Gasteiger partial charge in [0, 0.05) is 45.0 Å². The fraction of sp³-hybridized carbons (Fsp3) is 0.545. The molecule has 1 fully saturated rings. The van der Waals surface area contributed by atoms with Gasteiger partial charge in [0.1, 0.15) is 0 Å². The number of hydrogen-bond acceptors (Lipinski definition) is 4. The van der Waals surface area contributed by atoms with Crippen molar-refractivity contribution in [3.8, 4) is 0 Å². The number of benzene rings is 1. The van der Waals surface area contributed by atoms with Gasteiger partial charge in [0.25, 0.3) is 0 Å². The number of nitrogens with one attached hydrogen (secondary N) is 2. The molecule has 0 saturated carbocycles. The molecule has 1 aromatic carbocycles. The number of nitrogens with zero attached hydrogens (tertiary/aromatic N) is 3. The average Bonchev–Trinajstić information content (AvgIpc) is 3.10. The molecule has 1 saturated heterocycles. The van der Waals surface area contributed by atoms with E-state index < -0.39 is 0 Å². The van der Waals surface area contributed by atoms with Crippen molar-refractivity contribution in [3.63, 3.8) is 0 Å². The zero-order chi connectivity index (χ0) is 19.8. The monoisotopic (exact) mass is 399 g/mol. The lowest BCUT2D eigenvalue weighted by atomic mass is 9.99. The van der Waals surface area contributed by atoms with Crippen LogP contribution in [0.4, 0.5) is 0 Å². The average molecular weight is 400 g/mol. The maximum atomic E-state index is 4.51. The molecular weight excluding hydrogens is 366 g/mol. The molecule has 2 heterocycles. The Bertz CT molecular complexity index is 770. The van der Waals surface area contributed by atoms with E-state index in [4.69, 9.17) is 0 Å². The summed E-state index contributed by atoms with van der Waals surface area (Å²) in [6.45, 7) is 9.49. The first-order valence-corrected chi connectivity index (χ1v) is 11.2. The number of rotatable bonds is 7. The lowest BCUT2D eigenvalue weighted by molar-refractivity contribution is 0.176. The molecule has 2 N–H and O–H groups in total. The highest BCUT2D eigenvalue weighted by molar-refractivity contribution is 7.09. The molecule has 152 valence electrons. The van der Waals surface area contributed by atoms with Crippen molar-refractivity contribution in [2.24, 2.45) is 10.9 Å². The van der Waals surface area contributed by atoms with Gasteiger partial charge in [-0.15, -0.1) is 11.3 Å². The molecule has 2 aromatic rings. The van der Waals surface area contributed by atoms with Gasteiger partial charge in [0.05, 0.1) is 10.7 Å². The van der Waals surface area contributed by atoms with Gasteiger partial charge in [-0.25, -0.2) is 4.98 Å². The quantitative estimate of drug-likeness (QED) is 0.552. The highest BCUT2D eigenvalue weighted by Gasteiger charge is 2.17. The zero-order valence-electron chi connectivity index (χ0n) is 17.4. The van der Waals surface area contributed by atoms with Gasteiger partial charge in [-0.1, -0.05) is 31.2 Å². The first kappa shape index (κ1) is 20.8. The number of piperidine rings is 1. The normalized spacial score (nSPS) is 18.2. The summed E-state index contributed by atoms with van der Waals surface area (Å²) in [6, 6.07) is 8.76. The Morgan fingerprint density at radius 3 is 2.82 bits per heavy atom. The maximum Gasteiger partial charge on any atom is 0.191 e. The minimum Gasteiger partial charge on any atom is -0.356 e. The Hall–Kier alpha value is -1.92. The summed E-state index contributed by atoms with van der Waals surface area (Å²) in [6.07, 6.45) is 3.59. The summed E-state index contributed by atoms with van der Waals surface area (Å²) in [4.78, 5) is 11.5. The van der Waals surface area contributed by atoms with Gasteiger partial charge in [0.15, 0.2) is 5.96 Å².